The second-order valence-corrected chi connectivity index (χ2v) is 3.54. The van der Waals surface area contributed by atoms with Crippen LogP contribution in [0.25, 0.3) is 0 Å². The van der Waals surface area contributed by atoms with Crippen LogP contribution in [0.3, 0.4) is 0 Å². The van der Waals surface area contributed by atoms with E-state index >= 15 is 0 Å². The fourth-order valence-electron chi connectivity index (χ4n) is 1.70. The number of nitrogens with zero attached hydrogens (tertiary/aromatic N) is 2. The number of anilines is 1. The first-order valence-corrected chi connectivity index (χ1v) is 5.19. The zero-order valence-corrected chi connectivity index (χ0v) is 8.96. The SMILES string of the molecule is CCC1=NN(c2ccccc2)C(=O)C1C=O. The van der Waals surface area contributed by atoms with Gasteiger partial charge in [-0.15, -0.1) is 0 Å². The molecule has 4 heteroatoms. The molecule has 0 saturated carbocycles. The number of para-hydroxylation sites is 1. The van der Waals surface area contributed by atoms with Crippen molar-refractivity contribution in [2.75, 3.05) is 5.01 Å². The van der Waals surface area contributed by atoms with E-state index in [0.717, 1.165) is 0 Å². The molecule has 82 valence electrons. The van der Waals surface area contributed by atoms with Crippen LogP contribution in [0, 0.1) is 5.92 Å². The van der Waals surface area contributed by atoms with Gasteiger partial charge in [0.05, 0.1) is 11.4 Å². The normalized spacial score (nSPS) is 19.8. The molecule has 0 N–H and O–H groups in total. The van der Waals surface area contributed by atoms with E-state index in [1.165, 1.54) is 5.01 Å². The number of rotatable bonds is 3. The van der Waals surface area contributed by atoms with Crippen LogP contribution in [-0.2, 0) is 9.59 Å². The highest BCUT2D eigenvalue weighted by Gasteiger charge is 2.35. The van der Waals surface area contributed by atoms with Gasteiger partial charge in [-0.1, -0.05) is 25.1 Å². The summed E-state index contributed by atoms with van der Waals surface area (Å²) in [4.78, 5) is 22.7. The molecule has 1 aliphatic rings. The quantitative estimate of drug-likeness (QED) is 0.569. The molecule has 0 aliphatic carbocycles. The van der Waals surface area contributed by atoms with Crippen LogP contribution < -0.4 is 5.01 Å². The van der Waals surface area contributed by atoms with Crippen LogP contribution in [0.1, 0.15) is 13.3 Å². The first kappa shape index (κ1) is 10.5. The topological polar surface area (TPSA) is 49.7 Å². The summed E-state index contributed by atoms with van der Waals surface area (Å²) in [7, 11) is 0. The summed E-state index contributed by atoms with van der Waals surface area (Å²) in [6.07, 6.45) is 1.27. The van der Waals surface area contributed by atoms with E-state index in [1.54, 1.807) is 12.1 Å². The number of hydrazone groups is 1. The van der Waals surface area contributed by atoms with Crippen LogP contribution in [-0.4, -0.2) is 17.9 Å². The Hall–Kier alpha value is -1.97. The predicted molar refractivity (Wildman–Crippen MR) is 61.2 cm³/mol. The molecule has 16 heavy (non-hydrogen) atoms. The summed E-state index contributed by atoms with van der Waals surface area (Å²) in [5, 5.41) is 5.48. The lowest BCUT2D eigenvalue weighted by molar-refractivity contribution is -0.123. The van der Waals surface area contributed by atoms with E-state index in [0.29, 0.717) is 24.1 Å². The standard InChI is InChI=1S/C12H12N2O2/c1-2-11-10(8-15)12(16)14(13-11)9-6-4-3-5-7-9/h3-8,10H,2H2,1H3. The van der Waals surface area contributed by atoms with Crippen molar-refractivity contribution in [3.05, 3.63) is 30.3 Å². The monoisotopic (exact) mass is 216 g/mol. The van der Waals surface area contributed by atoms with Crippen molar-refractivity contribution in [1.29, 1.82) is 0 Å². The molecular formula is C12H12N2O2. The minimum Gasteiger partial charge on any atom is -0.302 e. The summed E-state index contributed by atoms with van der Waals surface area (Å²) < 4.78 is 0. The summed E-state index contributed by atoms with van der Waals surface area (Å²) in [6, 6.07) is 9.12. The smallest absolute Gasteiger partial charge is 0.263 e. The van der Waals surface area contributed by atoms with Crippen LogP contribution in [0.5, 0.6) is 0 Å². The molecule has 1 aliphatic heterocycles. The minimum absolute atomic E-state index is 0.266. The molecule has 0 saturated heterocycles. The maximum atomic E-state index is 11.9. The lowest BCUT2D eigenvalue weighted by atomic mass is 10.0. The Balaban J connectivity index is 2.35. The highest BCUT2D eigenvalue weighted by molar-refractivity contribution is 6.23. The third-order valence-corrected chi connectivity index (χ3v) is 2.56. The van der Waals surface area contributed by atoms with E-state index in [4.69, 9.17) is 0 Å². The molecule has 0 fully saturated rings. The van der Waals surface area contributed by atoms with E-state index in [-0.39, 0.29) is 5.91 Å². The Bertz CT molecular complexity index is 440. The van der Waals surface area contributed by atoms with E-state index in [1.807, 2.05) is 25.1 Å². The van der Waals surface area contributed by atoms with Gasteiger partial charge < -0.3 is 4.79 Å². The van der Waals surface area contributed by atoms with Crippen LogP contribution in [0.4, 0.5) is 5.69 Å². The Morgan fingerprint density at radius 2 is 2.06 bits per heavy atom. The third kappa shape index (κ3) is 1.62. The van der Waals surface area contributed by atoms with Crippen molar-refractivity contribution < 1.29 is 9.59 Å². The van der Waals surface area contributed by atoms with Crippen molar-refractivity contribution in [3.8, 4) is 0 Å². The van der Waals surface area contributed by atoms with Crippen molar-refractivity contribution in [1.82, 2.24) is 0 Å². The number of benzene rings is 1. The summed E-state index contributed by atoms with van der Waals surface area (Å²) in [5.41, 5.74) is 1.33. The molecule has 2 rings (SSSR count). The van der Waals surface area contributed by atoms with Gasteiger partial charge in [0.1, 0.15) is 12.2 Å². The number of carbonyl (C=O) groups excluding carboxylic acids is 2. The van der Waals surface area contributed by atoms with Crippen molar-refractivity contribution in [2.45, 2.75) is 13.3 Å². The van der Waals surface area contributed by atoms with Crippen LogP contribution in [0.2, 0.25) is 0 Å². The molecule has 1 unspecified atom stereocenters. The minimum atomic E-state index is -0.704. The Morgan fingerprint density at radius 3 is 2.56 bits per heavy atom. The maximum Gasteiger partial charge on any atom is 0.263 e. The number of hydrogen-bond donors (Lipinski definition) is 0. The van der Waals surface area contributed by atoms with Gasteiger partial charge in [0.25, 0.3) is 5.91 Å². The highest BCUT2D eigenvalue weighted by Crippen LogP contribution is 2.23. The van der Waals surface area contributed by atoms with Crippen LogP contribution in [0.15, 0.2) is 35.4 Å². The number of carbonyl (C=O) groups is 2. The average molecular weight is 216 g/mol. The average Bonchev–Trinajstić information content (AvgIpc) is 2.66. The molecule has 4 nitrogen and oxygen atoms in total. The van der Waals surface area contributed by atoms with Gasteiger partial charge in [0, 0.05) is 0 Å². The molecule has 0 aromatic heterocycles. The van der Waals surface area contributed by atoms with Crippen LogP contribution >= 0.6 is 0 Å². The number of aldehydes is 1. The molecule has 0 bridgehead atoms. The third-order valence-electron chi connectivity index (χ3n) is 2.56. The maximum absolute atomic E-state index is 11.9. The van der Waals surface area contributed by atoms with Gasteiger partial charge >= 0.3 is 0 Å². The lowest BCUT2D eigenvalue weighted by Gasteiger charge is -2.11. The van der Waals surface area contributed by atoms with Gasteiger partial charge in [-0.25, -0.2) is 0 Å². The van der Waals surface area contributed by atoms with Crippen molar-refractivity contribution >= 4 is 23.6 Å². The van der Waals surface area contributed by atoms with Gasteiger partial charge in [-0.2, -0.15) is 10.1 Å². The number of hydrogen-bond acceptors (Lipinski definition) is 3. The Morgan fingerprint density at radius 1 is 1.38 bits per heavy atom. The second-order valence-electron chi connectivity index (χ2n) is 3.54. The summed E-state index contributed by atoms with van der Waals surface area (Å²) >= 11 is 0. The molecule has 0 radical (unpaired) electrons. The molecule has 1 aromatic carbocycles. The number of amides is 1. The van der Waals surface area contributed by atoms with Gasteiger partial charge in [0.15, 0.2) is 0 Å². The van der Waals surface area contributed by atoms with E-state index in [9.17, 15) is 9.59 Å². The summed E-state index contributed by atoms with van der Waals surface area (Å²) in [5.74, 6) is -0.969. The van der Waals surface area contributed by atoms with E-state index in [2.05, 4.69) is 5.10 Å². The lowest BCUT2D eigenvalue weighted by Crippen LogP contribution is -2.28. The fourth-order valence-corrected chi connectivity index (χ4v) is 1.70. The molecule has 1 amide bonds. The molecular weight excluding hydrogens is 204 g/mol. The highest BCUT2D eigenvalue weighted by atomic mass is 16.2. The van der Waals surface area contributed by atoms with Crippen molar-refractivity contribution in [3.63, 3.8) is 0 Å². The Labute approximate surface area is 93.6 Å². The van der Waals surface area contributed by atoms with Gasteiger partial charge in [0.2, 0.25) is 0 Å². The molecule has 1 aromatic rings. The largest absolute Gasteiger partial charge is 0.302 e. The predicted octanol–water partition coefficient (Wildman–Crippen LogP) is 1.61. The second kappa shape index (κ2) is 4.26. The zero-order valence-electron chi connectivity index (χ0n) is 8.96. The fraction of sp³-hybridized carbons (Fsp3) is 0.250. The van der Waals surface area contributed by atoms with E-state index < -0.39 is 5.92 Å². The Kier molecular flexibility index (Phi) is 2.81. The van der Waals surface area contributed by atoms with Crippen molar-refractivity contribution in [2.24, 2.45) is 11.0 Å². The van der Waals surface area contributed by atoms with Gasteiger partial charge in [-0.05, 0) is 18.6 Å². The van der Waals surface area contributed by atoms with Gasteiger partial charge in [-0.3, -0.25) is 4.79 Å². The summed E-state index contributed by atoms with van der Waals surface area (Å²) in [6.45, 7) is 1.89. The molecule has 1 atom stereocenters. The molecule has 0 spiro atoms. The first-order valence-electron chi connectivity index (χ1n) is 5.19. The first-order chi connectivity index (χ1) is 7.77. The zero-order chi connectivity index (χ0) is 11.5. The molecule has 1 heterocycles.